The first kappa shape index (κ1) is 15.7. The number of rotatable bonds is 6. The van der Waals surface area contributed by atoms with E-state index in [4.69, 9.17) is 4.74 Å². The van der Waals surface area contributed by atoms with E-state index in [1.54, 1.807) is 6.92 Å². The zero-order chi connectivity index (χ0) is 15.1. The second-order valence-corrected chi connectivity index (χ2v) is 5.15. The third kappa shape index (κ3) is 4.99. The Bertz CT molecular complexity index is 442. The van der Waals surface area contributed by atoms with E-state index >= 15 is 0 Å². The minimum Gasteiger partial charge on any atom is -0.465 e. The van der Waals surface area contributed by atoms with Crippen molar-refractivity contribution >= 4 is 11.8 Å². The van der Waals surface area contributed by atoms with E-state index in [0.29, 0.717) is 13.2 Å². The highest BCUT2D eigenvalue weighted by atomic mass is 16.5. The molecule has 0 bridgehead atoms. The molecule has 21 heavy (non-hydrogen) atoms. The van der Waals surface area contributed by atoms with Gasteiger partial charge in [0.1, 0.15) is 5.82 Å². The van der Waals surface area contributed by atoms with E-state index < -0.39 is 0 Å². The first-order chi connectivity index (χ1) is 10.2. The molecule has 1 aliphatic heterocycles. The Labute approximate surface area is 125 Å². The molecular formula is C15H23N3O3. The van der Waals surface area contributed by atoms with Crippen LogP contribution in [0.4, 0.5) is 5.82 Å². The monoisotopic (exact) mass is 293 g/mol. The maximum absolute atomic E-state index is 11.2. The van der Waals surface area contributed by atoms with Gasteiger partial charge in [0.05, 0.1) is 19.3 Å². The molecule has 0 aliphatic carbocycles. The molecule has 6 nitrogen and oxygen atoms in total. The van der Waals surface area contributed by atoms with Gasteiger partial charge >= 0.3 is 5.97 Å². The van der Waals surface area contributed by atoms with Gasteiger partial charge in [0.15, 0.2) is 0 Å². The van der Waals surface area contributed by atoms with Crippen molar-refractivity contribution in [2.24, 2.45) is 0 Å². The standard InChI is InChI=1S/C15H23N3O3/c1-2-21-15(20)11-16-9-12-3-4-14(17-10-12)18-7-5-13(19)6-8-18/h3-4,10,13,16,19H,2,5-9,11H2,1H3. The fourth-order valence-electron chi connectivity index (χ4n) is 2.32. The number of aliphatic hydroxyl groups excluding tert-OH is 1. The zero-order valence-corrected chi connectivity index (χ0v) is 12.4. The molecule has 116 valence electrons. The number of hydrogen-bond acceptors (Lipinski definition) is 6. The average molecular weight is 293 g/mol. The van der Waals surface area contributed by atoms with Gasteiger partial charge in [0, 0.05) is 25.8 Å². The molecule has 0 aromatic carbocycles. The molecule has 2 rings (SSSR count). The Hall–Kier alpha value is -1.66. The number of carbonyl (C=O) groups is 1. The predicted molar refractivity (Wildman–Crippen MR) is 80.0 cm³/mol. The van der Waals surface area contributed by atoms with Crippen molar-refractivity contribution < 1.29 is 14.6 Å². The van der Waals surface area contributed by atoms with Crippen molar-refractivity contribution in [2.75, 3.05) is 31.1 Å². The summed E-state index contributed by atoms with van der Waals surface area (Å²) in [7, 11) is 0. The fourth-order valence-corrected chi connectivity index (χ4v) is 2.32. The Kier molecular flexibility index (Phi) is 5.95. The zero-order valence-electron chi connectivity index (χ0n) is 12.4. The van der Waals surface area contributed by atoms with Crippen LogP contribution in [0, 0.1) is 0 Å². The summed E-state index contributed by atoms with van der Waals surface area (Å²) < 4.78 is 4.84. The molecule has 0 atom stereocenters. The third-order valence-corrected chi connectivity index (χ3v) is 3.50. The highest BCUT2D eigenvalue weighted by molar-refractivity contribution is 5.71. The van der Waals surface area contributed by atoms with Crippen LogP contribution in [0.5, 0.6) is 0 Å². The number of nitrogens with one attached hydrogen (secondary N) is 1. The number of hydrogen-bond donors (Lipinski definition) is 2. The minimum absolute atomic E-state index is 0.174. The van der Waals surface area contributed by atoms with Crippen LogP contribution in [-0.4, -0.2) is 48.4 Å². The van der Waals surface area contributed by atoms with Crippen molar-refractivity contribution in [1.29, 1.82) is 0 Å². The van der Waals surface area contributed by atoms with Gasteiger partial charge in [-0.25, -0.2) is 4.98 Å². The van der Waals surface area contributed by atoms with Gasteiger partial charge in [-0.15, -0.1) is 0 Å². The number of carbonyl (C=O) groups excluding carboxylic acids is 1. The summed E-state index contributed by atoms with van der Waals surface area (Å²) in [5.74, 6) is 0.699. The summed E-state index contributed by atoms with van der Waals surface area (Å²) in [5, 5.41) is 12.5. The maximum atomic E-state index is 11.2. The fraction of sp³-hybridized carbons (Fsp3) is 0.600. The van der Waals surface area contributed by atoms with Gasteiger partial charge in [0.25, 0.3) is 0 Å². The third-order valence-electron chi connectivity index (χ3n) is 3.50. The quantitative estimate of drug-likeness (QED) is 0.752. The molecule has 6 heteroatoms. The van der Waals surface area contributed by atoms with E-state index in [9.17, 15) is 9.90 Å². The van der Waals surface area contributed by atoms with Crippen LogP contribution >= 0.6 is 0 Å². The Morgan fingerprint density at radius 1 is 1.48 bits per heavy atom. The normalized spacial score (nSPS) is 16.0. The van der Waals surface area contributed by atoms with Crippen LogP contribution in [0.3, 0.4) is 0 Å². The smallest absolute Gasteiger partial charge is 0.319 e. The number of esters is 1. The van der Waals surface area contributed by atoms with Crippen molar-refractivity contribution in [3.8, 4) is 0 Å². The first-order valence-electron chi connectivity index (χ1n) is 7.43. The van der Waals surface area contributed by atoms with Crippen LogP contribution < -0.4 is 10.2 Å². The number of ether oxygens (including phenoxy) is 1. The number of anilines is 1. The number of pyridine rings is 1. The Morgan fingerprint density at radius 3 is 2.86 bits per heavy atom. The Morgan fingerprint density at radius 2 is 2.24 bits per heavy atom. The summed E-state index contributed by atoms with van der Waals surface area (Å²) >= 11 is 0. The number of nitrogens with zero attached hydrogens (tertiary/aromatic N) is 2. The molecule has 1 saturated heterocycles. The highest BCUT2D eigenvalue weighted by Crippen LogP contribution is 2.17. The topological polar surface area (TPSA) is 74.7 Å². The molecule has 1 aromatic rings. The van der Waals surface area contributed by atoms with Crippen LogP contribution in [-0.2, 0) is 16.1 Å². The minimum atomic E-state index is -0.242. The van der Waals surface area contributed by atoms with E-state index in [1.165, 1.54) is 0 Å². The summed E-state index contributed by atoms with van der Waals surface area (Å²) in [5.41, 5.74) is 1.03. The van der Waals surface area contributed by atoms with E-state index in [-0.39, 0.29) is 18.6 Å². The molecule has 1 aromatic heterocycles. The van der Waals surface area contributed by atoms with Crippen molar-refractivity contribution in [2.45, 2.75) is 32.4 Å². The van der Waals surface area contributed by atoms with Crippen LogP contribution in [0.25, 0.3) is 0 Å². The number of aromatic nitrogens is 1. The predicted octanol–water partition coefficient (Wildman–Crippen LogP) is 0.695. The van der Waals surface area contributed by atoms with Gasteiger partial charge in [0.2, 0.25) is 0 Å². The molecule has 2 heterocycles. The summed E-state index contributed by atoms with van der Waals surface area (Å²) in [6, 6.07) is 3.99. The van der Waals surface area contributed by atoms with Crippen molar-refractivity contribution in [1.82, 2.24) is 10.3 Å². The lowest BCUT2D eigenvalue weighted by molar-refractivity contribution is -0.142. The molecule has 0 unspecified atom stereocenters. The van der Waals surface area contributed by atoms with Crippen molar-refractivity contribution in [3.63, 3.8) is 0 Å². The molecular weight excluding hydrogens is 270 g/mol. The molecule has 0 spiro atoms. The highest BCUT2D eigenvalue weighted by Gasteiger charge is 2.17. The van der Waals surface area contributed by atoms with Gasteiger partial charge < -0.3 is 20.1 Å². The van der Waals surface area contributed by atoms with E-state index in [0.717, 1.165) is 37.3 Å². The van der Waals surface area contributed by atoms with E-state index in [2.05, 4.69) is 15.2 Å². The average Bonchev–Trinajstić information content (AvgIpc) is 2.49. The first-order valence-corrected chi connectivity index (χ1v) is 7.43. The lowest BCUT2D eigenvalue weighted by Gasteiger charge is -2.30. The maximum Gasteiger partial charge on any atom is 0.319 e. The van der Waals surface area contributed by atoms with Crippen LogP contribution in [0.2, 0.25) is 0 Å². The lowest BCUT2D eigenvalue weighted by Crippen LogP contribution is -2.36. The van der Waals surface area contributed by atoms with Gasteiger partial charge in [-0.3, -0.25) is 4.79 Å². The summed E-state index contributed by atoms with van der Waals surface area (Å²) in [4.78, 5) is 17.8. The van der Waals surface area contributed by atoms with Crippen LogP contribution in [0.1, 0.15) is 25.3 Å². The van der Waals surface area contributed by atoms with Crippen LogP contribution in [0.15, 0.2) is 18.3 Å². The number of piperidine rings is 1. The molecule has 0 saturated carbocycles. The van der Waals surface area contributed by atoms with Gasteiger partial charge in [-0.05, 0) is 31.4 Å². The Balaban J connectivity index is 1.78. The second-order valence-electron chi connectivity index (χ2n) is 5.15. The molecule has 0 amide bonds. The second kappa shape index (κ2) is 7.95. The summed E-state index contributed by atoms with van der Waals surface area (Å²) in [6.45, 7) is 4.68. The SMILES string of the molecule is CCOC(=O)CNCc1ccc(N2CCC(O)CC2)nc1. The molecule has 1 aliphatic rings. The molecule has 2 N–H and O–H groups in total. The van der Waals surface area contributed by atoms with Gasteiger partial charge in [-0.1, -0.05) is 6.07 Å². The van der Waals surface area contributed by atoms with E-state index in [1.807, 2.05) is 18.3 Å². The van der Waals surface area contributed by atoms with Crippen molar-refractivity contribution in [3.05, 3.63) is 23.9 Å². The molecule has 0 radical (unpaired) electrons. The largest absolute Gasteiger partial charge is 0.465 e. The summed E-state index contributed by atoms with van der Waals surface area (Å²) in [6.07, 6.45) is 3.24. The lowest BCUT2D eigenvalue weighted by atomic mass is 10.1. The number of aliphatic hydroxyl groups is 1. The molecule has 1 fully saturated rings. The van der Waals surface area contributed by atoms with Gasteiger partial charge in [-0.2, -0.15) is 0 Å².